The van der Waals surface area contributed by atoms with Gasteiger partial charge in [0, 0.05) is 44.2 Å². The van der Waals surface area contributed by atoms with Crippen molar-refractivity contribution >= 4 is 21.8 Å². The zero-order valence-electron chi connectivity index (χ0n) is 35.5. The minimum atomic E-state index is -4.77. The van der Waals surface area contributed by atoms with E-state index in [1.165, 1.54) is 12.1 Å². The van der Waals surface area contributed by atoms with E-state index in [2.05, 4.69) is 12.1 Å². The molecule has 0 aliphatic rings. The van der Waals surface area contributed by atoms with Crippen LogP contribution in [0.3, 0.4) is 0 Å². The second kappa shape index (κ2) is 16.8. The van der Waals surface area contributed by atoms with E-state index in [0.29, 0.717) is 45.4 Å². The highest BCUT2D eigenvalue weighted by molar-refractivity contribution is 6.12. The van der Waals surface area contributed by atoms with Gasteiger partial charge >= 0.3 is 6.18 Å². The number of aromatic nitrogens is 5. The molecule has 0 fully saturated rings. The molecule has 11 rings (SSSR count). The summed E-state index contributed by atoms with van der Waals surface area (Å²) in [6.45, 7) is 0. The zero-order chi connectivity index (χ0) is 45.5. The number of hydrogen-bond donors (Lipinski definition) is 0. The van der Waals surface area contributed by atoms with E-state index >= 15 is 13.2 Å². The molecule has 0 spiro atoms. The van der Waals surface area contributed by atoms with Crippen LogP contribution in [0.4, 0.5) is 13.2 Å². The topological polar surface area (TPSA) is 80.3 Å². The maximum absolute atomic E-state index is 15.7. The Morgan fingerprint density at radius 2 is 0.821 bits per heavy atom. The van der Waals surface area contributed by atoms with Crippen molar-refractivity contribution in [3.8, 4) is 90.7 Å². The Labute approximate surface area is 383 Å². The first kappa shape index (κ1) is 40.8. The monoisotopic (exact) mass is 872 g/mol. The number of para-hydroxylation sites is 1. The van der Waals surface area contributed by atoms with Gasteiger partial charge < -0.3 is 4.57 Å². The third-order valence-corrected chi connectivity index (χ3v) is 11.9. The number of nitriles is 1. The molecule has 9 heteroatoms. The molecule has 3 aromatic heterocycles. The van der Waals surface area contributed by atoms with Crippen LogP contribution in [0.5, 0.6) is 0 Å². The van der Waals surface area contributed by atoms with Gasteiger partial charge in [-0.3, -0.25) is 0 Å². The van der Waals surface area contributed by atoms with E-state index in [0.717, 1.165) is 44.1 Å². The van der Waals surface area contributed by atoms with Crippen molar-refractivity contribution in [1.29, 1.82) is 5.26 Å². The van der Waals surface area contributed by atoms with Crippen molar-refractivity contribution in [2.45, 2.75) is 6.18 Å². The molecule has 67 heavy (non-hydrogen) atoms. The summed E-state index contributed by atoms with van der Waals surface area (Å²) in [7, 11) is 0. The number of halogens is 3. The molecule has 0 aliphatic heterocycles. The van der Waals surface area contributed by atoms with Gasteiger partial charge in [0.15, 0.2) is 11.6 Å². The van der Waals surface area contributed by atoms with Crippen molar-refractivity contribution in [2.24, 2.45) is 0 Å². The molecule has 0 unspecified atom stereocenters. The molecule has 0 bridgehead atoms. The van der Waals surface area contributed by atoms with Crippen LogP contribution in [-0.4, -0.2) is 24.5 Å². The lowest BCUT2D eigenvalue weighted by Crippen LogP contribution is -2.10. The minimum Gasteiger partial charge on any atom is -0.308 e. The molecule has 0 N–H and O–H groups in total. The lowest BCUT2D eigenvalue weighted by Gasteiger charge is -2.22. The van der Waals surface area contributed by atoms with E-state index in [1.807, 2.05) is 174 Å². The Bertz CT molecular complexity index is 3400. The van der Waals surface area contributed by atoms with Gasteiger partial charge in [-0.25, -0.2) is 19.9 Å². The number of rotatable bonds is 8. The van der Waals surface area contributed by atoms with Gasteiger partial charge in [-0.2, -0.15) is 18.4 Å². The van der Waals surface area contributed by atoms with Crippen molar-refractivity contribution in [1.82, 2.24) is 24.5 Å². The molecule has 6 nitrogen and oxygen atoms in total. The van der Waals surface area contributed by atoms with Gasteiger partial charge in [-0.15, -0.1) is 0 Å². The van der Waals surface area contributed by atoms with Crippen molar-refractivity contribution in [3.63, 3.8) is 0 Å². The number of hydrogen-bond acceptors (Lipinski definition) is 5. The molecule has 0 aliphatic carbocycles. The highest BCUT2D eigenvalue weighted by Gasteiger charge is 2.34. The van der Waals surface area contributed by atoms with E-state index in [4.69, 9.17) is 19.9 Å². The van der Waals surface area contributed by atoms with Crippen LogP contribution >= 0.6 is 0 Å². The molecule has 0 atom stereocenters. The molecular formula is C58H35F3N6. The second-order valence-electron chi connectivity index (χ2n) is 16.1. The number of alkyl halides is 3. The first-order valence-corrected chi connectivity index (χ1v) is 21.6. The van der Waals surface area contributed by atoms with Gasteiger partial charge in [-0.05, 0) is 65.7 Å². The summed E-state index contributed by atoms with van der Waals surface area (Å²) >= 11 is 0. The summed E-state index contributed by atoms with van der Waals surface area (Å²) in [6, 6.07) is 67.6. The molecule has 8 aromatic carbocycles. The normalized spacial score (nSPS) is 11.5. The fourth-order valence-corrected chi connectivity index (χ4v) is 8.68. The third kappa shape index (κ3) is 7.77. The Balaban J connectivity index is 1.29. The lowest BCUT2D eigenvalue weighted by atomic mass is 9.95. The van der Waals surface area contributed by atoms with E-state index in [1.54, 1.807) is 24.3 Å². The smallest absolute Gasteiger partial charge is 0.308 e. The maximum atomic E-state index is 15.7. The highest BCUT2D eigenvalue weighted by atomic mass is 19.4. The van der Waals surface area contributed by atoms with Gasteiger partial charge in [0.05, 0.1) is 56.7 Å². The average molecular weight is 873 g/mol. The molecule has 11 aromatic rings. The summed E-state index contributed by atoms with van der Waals surface area (Å²) in [5.74, 6) is 0.715. The SMILES string of the molecule is N#Cc1ccc(-c2ccc3c(c2)c2ccccc2n3-c2c(-c3cc(-c4ccccc4)nc(-c4ccccc4)n3)cc(C(F)(F)F)cc2-c2cc(-c3ccccc3)nc(-c3ccccc3)n2)cc1. The van der Waals surface area contributed by atoms with Crippen LogP contribution in [0.2, 0.25) is 0 Å². The molecule has 0 amide bonds. The summed E-state index contributed by atoms with van der Waals surface area (Å²) in [6.07, 6.45) is -4.77. The summed E-state index contributed by atoms with van der Waals surface area (Å²) in [4.78, 5) is 20.3. The number of nitrogens with zero attached hydrogens (tertiary/aromatic N) is 6. The van der Waals surface area contributed by atoms with Crippen molar-refractivity contribution in [3.05, 3.63) is 223 Å². The first-order chi connectivity index (χ1) is 32.8. The number of benzene rings is 8. The Morgan fingerprint density at radius 3 is 1.31 bits per heavy atom. The van der Waals surface area contributed by atoms with Crippen molar-refractivity contribution < 1.29 is 13.2 Å². The van der Waals surface area contributed by atoms with E-state index in [9.17, 15) is 5.26 Å². The number of fused-ring (bicyclic) bond motifs is 3. The van der Waals surface area contributed by atoms with Crippen LogP contribution in [0.25, 0.3) is 106 Å². The summed E-state index contributed by atoms with van der Waals surface area (Å²) < 4.78 is 49.1. The minimum absolute atomic E-state index is 0.224. The Morgan fingerprint density at radius 1 is 0.388 bits per heavy atom. The fourth-order valence-electron chi connectivity index (χ4n) is 8.68. The maximum Gasteiger partial charge on any atom is 0.416 e. The summed E-state index contributed by atoms with van der Waals surface area (Å²) in [5.41, 5.74) is 8.55. The largest absolute Gasteiger partial charge is 0.416 e. The van der Waals surface area contributed by atoms with Gasteiger partial charge in [0.1, 0.15) is 0 Å². The predicted molar refractivity (Wildman–Crippen MR) is 260 cm³/mol. The first-order valence-electron chi connectivity index (χ1n) is 21.6. The third-order valence-electron chi connectivity index (χ3n) is 11.9. The Hall–Kier alpha value is -9.00. The van der Waals surface area contributed by atoms with Crippen LogP contribution < -0.4 is 0 Å². The molecule has 0 saturated heterocycles. The Kier molecular flexibility index (Phi) is 10.2. The van der Waals surface area contributed by atoms with Crippen LogP contribution in [0, 0.1) is 11.3 Å². The molecular weight excluding hydrogens is 838 g/mol. The average Bonchev–Trinajstić information content (AvgIpc) is 3.72. The highest BCUT2D eigenvalue weighted by Crippen LogP contribution is 2.46. The summed E-state index contributed by atoms with van der Waals surface area (Å²) in [5, 5.41) is 11.3. The van der Waals surface area contributed by atoms with Crippen LogP contribution in [0.1, 0.15) is 11.1 Å². The predicted octanol–water partition coefficient (Wildman–Crippen LogP) is 14.9. The van der Waals surface area contributed by atoms with Gasteiger partial charge in [0.25, 0.3) is 0 Å². The van der Waals surface area contributed by atoms with Crippen LogP contribution in [0.15, 0.2) is 212 Å². The standard InChI is InChI=1S/C58H35F3N6/c59-58(60,61)44-32-47(51-34-49(39-15-5-1-6-16-39)63-56(65-51)41-19-9-3-10-20-41)55(48(33-44)52-35-50(40-17-7-2-8-18-40)64-57(66-52)42-21-11-4-12-22-42)67-53-24-14-13-23-45(53)46-31-43(29-30-54(46)67)38-27-25-37(36-62)26-28-38/h1-35H. The molecule has 318 valence electrons. The van der Waals surface area contributed by atoms with Crippen LogP contribution in [-0.2, 0) is 6.18 Å². The second-order valence-corrected chi connectivity index (χ2v) is 16.1. The van der Waals surface area contributed by atoms with E-state index < -0.39 is 11.7 Å². The lowest BCUT2D eigenvalue weighted by molar-refractivity contribution is -0.137. The quantitative estimate of drug-likeness (QED) is 0.152. The van der Waals surface area contributed by atoms with Crippen molar-refractivity contribution in [2.75, 3.05) is 0 Å². The van der Waals surface area contributed by atoms with Gasteiger partial charge in [0.2, 0.25) is 0 Å². The fraction of sp³-hybridized carbons (Fsp3) is 0.0172. The van der Waals surface area contributed by atoms with E-state index in [-0.39, 0.29) is 22.5 Å². The molecule has 0 saturated carbocycles. The molecule has 3 heterocycles. The zero-order valence-corrected chi connectivity index (χ0v) is 35.5. The van der Waals surface area contributed by atoms with Gasteiger partial charge in [-0.1, -0.05) is 158 Å². The molecule has 0 radical (unpaired) electrons.